The second kappa shape index (κ2) is 13.6. The quantitative estimate of drug-likeness (QED) is 0.229. The maximum atomic E-state index is 14.0. The minimum Gasteiger partial charge on any atom is -0.355 e. The first kappa shape index (κ1) is 32.0. The fourth-order valence-electron chi connectivity index (χ4n) is 4.71. The fraction of sp³-hybridized carbons (Fsp3) is 0.265. The highest BCUT2D eigenvalue weighted by atomic mass is 19.1. The zero-order valence-corrected chi connectivity index (χ0v) is 25.6. The first-order valence-electron chi connectivity index (χ1n) is 14.3. The summed E-state index contributed by atoms with van der Waals surface area (Å²) < 4.78 is 15.0. The number of nitrogens with zero attached hydrogens (tertiary/aromatic N) is 2. The number of anilines is 1. The number of benzene rings is 3. The number of hydrogen-bond acceptors (Lipinski definition) is 6. The summed E-state index contributed by atoms with van der Waals surface area (Å²) in [6.45, 7) is 7.56. The van der Waals surface area contributed by atoms with Gasteiger partial charge in [-0.1, -0.05) is 26.0 Å². The summed E-state index contributed by atoms with van der Waals surface area (Å²) in [7, 11) is 3.17. The van der Waals surface area contributed by atoms with Gasteiger partial charge in [-0.15, -0.1) is 0 Å². The molecule has 9 nitrogen and oxygen atoms in total. The first-order chi connectivity index (χ1) is 20.9. The van der Waals surface area contributed by atoms with Gasteiger partial charge in [0.1, 0.15) is 5.82 Å². The topological polar surface area (TPSA) is 122 Å². The second-order valence-corrected chi connectivity index (χ2v) is 10.9. The molecule has 0 aliphatic heterocycles. The highest BCUT2D eigenvalue weighted by Crippen LogP contribution is 2.27. The Hall–Kier alpha value is -4.96. The van der Waals surface area contributed by atoms with Gasteiger partial charge in [0.2, 0.25) is 5.91 Å². The molecule has 0 saturated carbocycles. The average molecular weight is 598 g/mol. The van der Waals surface area contributed by atoms with E-state index < -0.39 is 23.3 Å². The lowest BCUT2D eigenvalue weighted by Crippen LogP contribution is -2.38. The van der Waals surface area contributed by atoms with Crippen LogP contribution in [0.3, 0.4) is 0 Å². The highest BCUT2D eigenvalue weighted by molar-refractivity contribution is 6.09. The van der Waals surface area contributed by atoms with Crippen LogP contribution in [0.1, 0.15) is 69.7 Å². The van der Waals surface area contributed by atoms with Crippen LogP contribution in [-0.4, -0.2) is 47.3 Å². The van der Waals surface area contributed by atoms with Gasteiger partial charge in [-0.25, -0.2) is 9.37 Å². The van der Waals surface area contributed by atoms with E-state index >= 15 is 0 Å². The lowest BCUT2D eigenvalue weighted by Gasteiger charge is -2.19. The molecule has 0 saturated heterocycles. The van der Waals surface area contributed by atoms with E-state index in [9.17, 15) is 23.6 Å². The number of ketones is 1. The Balaban J connectivity index is 1.89. The van der Waals surface area contributed by atoms with E-state index in [0.717, 1.165) is 11.1 Å². The van der Waals surface area contributed by atoms with E-state index in [4.69, 9.17) is 0 Å². The van der Waals surface area contributed by atoms with Crippen LogP contribution in [0.25, 0.3) is 11.3 Å². The van der Waals surface area contributed by atoms with Crippen molar-refractivity contribution in [3.63, 3.8) is 0 Å². The third-order valence-corrected chi connectivity index (χ3v) is 7.52. The smallest absolute Gasteiger partial charge is 0.294 e. The summed E-state index contributed by atoms with van der Waals surface area (Å²) in [5.74, 6) is -1.52. The van der Waals surface area contributed by atoms with Crippen molar-refractivity contribution in [2.24, 2.45) is 0 Å². The Kier molecular flexibility index (Phi) is 9.85. The average Bonchev–Trinajstić information content (AvgIpc) is 3.02. The third-order valence-electron chi connectivity index (χ3n) is 7.52. The number of amides is 2. The molecule has 3 N–H and O–H groups in total. The molecule has 0 aliphatic carbocycles. The molecule has 4 aromatic rings. The summed E-state index contributed by atoms with van der Waals surface area (Å²) in [5, 5.41) is 8.06. The molecule has 1 aromatic heterocycles. The van der Waals surface area contributed by atoms with Crippen molar-refractivity contribution in [2.45, 2.75) is 46.2 Å². The molecule has 0 unspecified atom stereocenters. The van der Waals surface area contributed by atoms with Crippen LogP contribution in [0.4, 0.5) is 10.2 Å². The van der Waals surface area contributed by atoms with Crippen LogP contribution in [0.5, 0.6) is 0 Å². The SMILES string of the molecule is CNC(=O)c1ccc(C)c(-c2cnc(NC(=O)[C@H](C)NC)c(=O)n2Cc2cc(C(=O)c3ccc(F)cc3)cc(C(C)C)c2)c1. The standard InChI is InChI=1S/C34H36FN5O4/c1-19(2)25-13-22(14-26(15-25)30(41)23-9-11-27(35)12-10-23)18-40-29(28-16-24(33(43)37-6)8-7-20(28)3)17-38-31(34(40)44)39-32(42)21(4)36-5/h7-17,19,21,36H,18H2,1-6H3,(H,37,43)(H,38,39,42)/t21-/m0/s1. The molecule has 2 amide bonds. The normalized spacial score (nSPS) is 11.7. The van der Waals surface area contributed by atoms with E-state index in [1.807, 2.05) is 26.8 Å². The van der Waals surface area contributed by atoms with Crippen molar-refractivity contribution in [1.29, 1.82) is 0 Å². The number of halogens is 1. The van der Waals surface area contributed by atoms with Gasteiger partial charge in [-0.3, -0.25) is 23.7 Å². The fourth-order valence-corrected chi connectivity index (χ4v) is 4.71. The van der Waals surface area contributed by atoms with Crippen molar-refractivity contribution in [3.8, 4) is 11.3 Å². The van der Waals surface area contributed by atoms with Crippen LogP contribution in [0, 0.1) is 12.7 Å². The van der Waals surface area contributed by atoms with Gasteiger partial charge < -0.3 is 16.0 Å². The number of likely N-dealkylation sites (N-methyl/N-ethyl adjacent to an activating group) is 1. The summed E-state index contributed by atoms with van der Waals surface area (Å²) in [5.41, 5.74) is 3.98. The maximum absolute atomic E-state index is 14.0. The molecule has 1 atom stereocenters. The molecular weight excluding hydrogens is 561 g/mol. The molecule has 10 heteroatoms. The molecule has 0 fully saturated rings. The van der Waals surface area contributed by atoms with Gasteiger partial charge in [0.25, 0.3) is 11.5 Å². The van der Waals surface area contributed by atoms with Crippen molar-refractivity contribution in [2.75, 3.05) is 19.4 Å². The minimum absolute atomic E-state index is 0.0367. The second-order valence-electron chi connectivity index (χ2n) is 10.9. The minimum atomic E-state index is -0.571. The van der Waals surface area contributed by atoms with E-state index in [1.54, 1.807) is 44.3 Å². The Bertz CT molecular complexity index is 1780. The molecule has 0 bridgehead atoms. The van der Waals surface area contributed by atoms with E-state index in [1.165, 1.54) is 42.1 Å². The molecule has 44 heavy (non-hydrogen) atoms. The van der Waals surface area contributed by atoms with Crippen LogP contribution in [0.2, 0.25) is 0 Å². The number of rotatable bonds is 10. The van der Waals surface area contributed by atoms with Crippen LogP contribution in [-0.2, 0) is 11.3 Å². The number of carbonyl (C=O) groups excluding carboxylic acids is 3. The van der Waals surface area contributed by atoms with Crippen LogP contribution in [0.15, 0.2) is 71.7 Å². The van der Waals surface area contributed by atoms with Gasteiger partial charge in [-0.2, -0.15) is 0 Å². The Morgan fingerprint density at radius 3 is 2.23 bits per heavy atom. The molecule has 0 radical (unpaired) electrons. The summed E-state index contributed by atoms with van der Waals surface area (Å²) >= 11 is 0. The summed E-state index contributed by atoms with van der Waals surface area (Å²) in [6, 6.07) is 15.4. The third kappa shape index (κ3) is 6.98. The van der Waals surface area contributed by atoms with E-state index in [2.05, 4.69) is 20.9 Å². The van der Waals surface area contributed by atoms with E-state index in [0.29, 0.717) is 33.5 Å². The Labute approximate surface area is 255 Å². The zero-order valence-electron chi connectivity index (χ0n) is 25.6. The van der Waals surface area contributed by atoms with Crippen molar-refractivity contribution >= 4 is 23.4 Å². The predicted octanol–water partition coefficient (Wildman–Crippen LogP) is 4.67. The lowest BCUT2D eigenvalue weighted by atomic mass is 9.94. The number of nitrogens with one attached hydrogen (secondary N) is 3. The molecule has 1 heterocycles. The zero-order chi connectivity index (χ0) is 32.1. The molecule has 228 valence electrons. The van der Waals surface area contributed by atoms with Gasteiger partial charge in [0.15, 0.2) is 11.6 Å². The number of hydrogen-bond donors (Lipinski definition) is 3. The maximum Gasteiger partial charge on any atom is 0.294 e. The van der Waals surface area contributed by atoms with Gasteiger partial charge in [0, 0.05) is 29.3 Å². The molecule has 0 spiro atoms. The number of carbonyl (C=O) groups is 3. The largest absolute Gasteiger partial charge is 0.355 e. The number of aryl methyl sites for hydroxylation is 1. The molecule has 4 rings (SSSR count). The molecule has 0 aliphatic rings. The summed E-state index contributed by atoms with van der Waals surface area (Å²) in [6.07, 6.45) is 1.49. The predicted molar refractivity (Wildman–Crippen MR) is 169 cm³/mol. The van der Waals surface area contributed by atoms with Crippen molar-refractivity contribution in [1.82, 2.24) is 20.2 Å². The van der Waals surface area contributed by atoms with Gasteiger partial charge in [0.05, 0.1) is 24.5 Å². The van der Waals surface area contributed by atoms with Crippen LogP contribution >= 0.6 is 0 Å². The van der Waals surface area contributed by atoms with Crippen molar-refractivity contribution < 1.29 is 18.8 Å². The van der Waals surface area contributed by atoms with E-state index in [-0.39, 0.29) is 30.0 Å². The van der Waals surface area contributed by atoms with Gasteiger partial charge in [-0.05, 0) is 92.0 Å². The lowest BCUT2D eigenvalue weighted by molar-refractivity contribution is -0.117. The molecule has 3 aromatic carbocycles. The summed E-state index contributed by atoms with van der Waals surface area (Å²) in [4.78, 5) is 56.8. The molecular formula is C34H36FN5O4. The first-order valence-corrected chi connectivity index (χ1v) is 14.3. The van der Waals surface area contributed by atoms with Gasteiger partial charge >= 0.3 is 0 Å². The van der Waals surface area contributed by atoms with Crippen LogP contribution < -0.4 is 21.5 Å². The Morgan fingerprint density at radius 2 is 1.59 bits per heavy atom. The number of aromatic nitrogens is 2. The Morgan fingerprint density at radius 1 is 0.909 bits per heavy atom. The monoisotopic (exact) mass is 597 g/mol. The highest BCUT2D eigenvalue weighted by Gasteiger charge is 2.20. The van der Waals surface area contributed by atoms with Crippen molar-refractivity contribution in [3.05, 3.63) is 116 Å².